The van der Waals surface area contributed by atoms with Gasteiger partial charge < -0.3 is 14.8 Å². The Bertz CT molecular complexity index is 2160. The van der Waals surface area contributed by atoms with Gasteiger partial charge in [-0.1, -0.05) is 168 Å². The quantitative estimate of drug-likeness (QED) is 0.177. The molecule has 50 heavy (non-hydrogen) atoms. The van der Waals surface area contributed by atoms with Crippen LogP contribution in [0.4, 0.5) is 11.4 Å². The van der Waals surface area contributed by atoms with Crippen molar-refractivity contribution in [1.82, 2.24) is 9.97 Å². The first-order valence-corrected chi connectivity index (χ1v) is 17.5. The fraction of sp³-hybridized carbons (Fsp3) is 0.0238. The third kappa shape index (κ3) is 5.95. The van der Waals surface area contributed by atoms with Crippen LogP contribution in [0.5, 0.6) is 0 Å². The number of anilines is 2. The lowest BCUT2D eigenvalue weighted by molar-refractivity contribution is 0.699. The molecule has 0 aliphatic carbocycles. The Morgan fingerprint density at radius 3 is 1.28 bits per heavy atom. The molecule has 6 aromatic carbocycles. The van der Waals surface area contributed by atoms with Crippen LogP contribution in [0.25, 0.3) is 33.9 Å². The van der Waals surface area contributed by atoms with Gasteiger partial charge in [-0.25, -0.2) is 4.98 Å². The van der Waals surface area contributed by atoms with Gasteiger partial charge in [0.05, 0.1) is 44.2 Å². The second-order valence-electron chi connectivity index (χ2n) is 11.8. The van der Waals surface area contributed by atoms with Crippen LogP contribution in [0.1, 0.15) is 23.1 Å². The van der Waals surface area contributed by atoms with E-state index in [9.17, 15) is 0 Å². The summed E-state index contributed by atoms with van der Waals surface area (Å²) in [5.74, 6) is 0.680. The van der Waals surface area contributed by atoms with Crippen LogP contribution in [0.15, 0.2) is 158 Å². The van der Waals surface area contributed by atoms with Crippen LogP contribution in [0, 0.1) is 0 Å². The third-order valence-electron chi connectivity index (χ3n) is 8.70. The maximum absolute atomic E-state index is 7.14. The van der Waals surface area contributed by atoms with Gasteiger partial charge in [-0.05, 0) is 36.4 Å². The number of hydrogen-bond donors (Lipinski definition) is 1. The van der Waals surface area contributed by atoms with Crippen molar-refractivity contribution < 1.29 is 0 Å². The second kappa shape index (κ2) is 13.7. The normalized spacial score (nSPS) is 13.4. The van der Waals surface area contributed by atoms with E-state index in [0.717, 1.165) is 56.4 Å². The van der Waals surface area contributed by atoms with E-state index in [0.29, 0.717) is 25.9 Å². The summed E-state index contributed by atoms with van der Waals surface area (Å²) in [5.41, 5.74) is 9.00. The Labute approximate surface area is 310 Å². The largest absolute Gasteiger partial charge is 0.338 e. The van der Waals surface area contributed by atoms with Gasteiger partial charge >= 0.3 is 0 Å². The van der Waals surface area contributed by atoms with Gasteiger partial charge in [0.25, 0.3) is 0 Å². The first-order valence-electron chi connectivity index (χ1n) is 16.0. The SMILES string of the molecule is Clc1ccc(N2C(c3ccccc3)=C(c3ccccc3)N(c3ccc(Cl)cc3Cl)C2c2nc(-c3ccccc3)c(-c3ccccc3)[nH]2)c(Cl)c1. The molecule has 1 aromatic heterocycles. The van der Waals surface area contributed by atoms with Crippen LogP contribution in [0.3, 0.4) is 0 Å². The molecule has 0 radical (unpaired) electrons. The van der Waals surface area contributed by atoms with E-state index in [2.05, 4.69) is 63.3 Å². The van der Waals surface area contributed by atoms with Gasteiger partial charge in [0.2, 0.25) is 0 Å². The maximum atomic E-state index is 7.14. The topological polar surface area (TPSA) is 35.2 Å². The molecular formula is C42H28Cl4N4. The lowest BCUT2D eigenvalue weighted by Crippen LogP contribution is -2.34. The van der Waals surface area contributed by atoms with E-state index < -0.39 is 6.17 Å². The Kier molecular flexibility index (Phi) is 8.86. The van der Waals surface area contributed by atoms with Gasteiger partial charge in [-0.15, -0.1) is 0 Å². The maximum Gasteiger partial charge on any atom is 0.170 e. The monoisotopic (exact) mass is 728 g/mol. The number of rotatable bonds is 7. The van der Waals surface area contributed by atoms with Crippen LogP contribution in [-0.4, -0.2) is 9.97 Å². The minimum absolute atomic E-state index is 0.491. The second-order valence-corrected chi connectivity index (χ2v) is 13.5. The standard InChI is InChI=1S/C42H28Cl4N4/c43-31-21-23-35(33(45)25-31)49-39(29-17-9-3-10-18-29)40(30-19-11-4-12-20-30)50(36-24-22-32(44)26-34(36)46)42(49)41-47-37(27-13-5-1-6-14-27)38(48-41)28-15-7-2-8-16-28/h1-26,42H,(H,47,48). The molecule has 0 bridgehead atoms. The molecule has 1 aliphatic heterocycles. The predicted octanol–water partition coefficient (Wildman–Crippen LogP) is 12.9. The van der Waals surface area contributed by atoms with E-state index in [4.69, 9.17) is 51.4 Å². The minimum Gasteiger partial charge on any atom is -0.338 e. The zero-order valence-electron chi connectivity index (χ0n) is 26.4. The fourth-order valence-corrected chi connectivity index (χ4v) is 7.57. The molecule has 244 valence electrons. The van der Waals surface area contributed by atoms with Crippen molar-refractivity contribution in [1.29, 1.82) is 0 Å². The minimum atomic E-state index is -0.599. The van der Waals surface area contributed by atoms with Crippen molar-refractivity contribution in [2.75, 3.05) is 9.80 Å². The fourth-order valence-electron chi connectivity index (χ4n) is 6.57. The average Bonchev–Trinajstić information content (AvgIpc) is 3.74. The molecule has 4 nitrogen and oxygen atoms in total. The van der Waals surface area contributed by atoms with Crippen LogP contribution >= 0.6 is 46.4 Å². The molecule has 8 heteroatoms. The highest BCUT2D eigenvalue weighted by Crippen LogP contribution is 2.54. The molecule has 0 saturated carbocycles. The van der Waals surface area contributed by atoms with Gasteiger partial charge in [-0.2, -0.15) is 0 Å². The van der Waals surface area contributed by atoms with Crippen molar-refractivity contribution in [2.45, 2.75) is 6.17 Å². The molecule has 0 atom stereocenters. The molecule has 2 heterocycles. The van der Waals surface area contributed by atoms with E-state index in [1.807, 2.05) is 97.1 Å². The van der Waals surface area contributed by atoms with Gasteiger partial charge in [0, 0.05) is 32.3 Å². The summed E-state index contributed by atoms with van der Waals surface area (Å²) in [4.78, 5) is 13.7. The predicted molar refractivity (Wildman–Crippen MR) is 210 cm³/mol. The van der Waals surface area contributed by atoms with Crippen molar-refractivity contribution in [3.05, 3.63) is 195 Å². The molecule has 0 amide bonds. The third-order valence-corrected chi connectivity index (χ3v) is 9.78. The Balaban J connectivity index is 1.49. The Morgan fingerprint density at radius 2 is 0.860 bits per heavy atom. The van der Waals surface area contributed by atoms with E-state index >= 15 is 0 Å². The smallest absolute Gasteiger partial charge is 0.170 e. The average molecular weight is 731 g/mol. The van der Waals surface area contributed by atoms with Crippen LogP contribution < -0.4 is 9.80 Å². The summed E-state index contributed by atoms with van der Waals surface area (Å²) in [5, 5.41) is 2.06. The summed E-state index contributed by atoms with van der Waals surface area (Å²) in [7, 11) is 0. The summed E-state index contributed by atoms with van der Waals surface area (Å²) in [6.07, 6.45) is -0.599. The molecule has 1 aliphatic rings. The zero-order valence-corrected chi connectivity index (χ0v) is 29.5. The highest BCUT2D eigenvalue weighted by atomic mass is 35.5. The molecule has 0 fully saturated rings. The number of nitrogens with zero attached hydrogens (tertiary/aromatic N) is 3. The van der Waals surface area contributed by atoms with Crippen molar-refractivity contribution >= 4 is 69.2 Å². The van der Waals surface area contributed by atoms with Crippen molar-refractivity contribution in [3.63, 3.8) is 0 Å². The molecule has 7 aromatic rings. The Hall–Kier alpha value is -4.97. The first kappa shape index (κ1) is 32.2. The molecule has 1 N–H and O–H groups in total. The van der Waals surface area contributed by atoms with E-state index in [1.54, 1.807) is 12.1 Å². The summed E-state index contributed by atoms with van der Waals surface area (Å²) < 4.78 is 0. The number of hydrogen-bond acceptors (Lipinski definition) is 3. The molecule has 0 unspecified atom stereocenters. The van der Waals surface area contributed by atoms with E-state index in [-0.39, 0.29) is 0 Å². The number of H-pyrrole nitrogens is 1. The number of aromatic amines is 1. The Morgan fingerprint density at radius 1 is 0.460 bits per heavy atom. The van der Waals surface area contributed by atoms with E-state index in [1.165, 1.54) is 0 Å². The number of aromatic nitrogens is 2. The number of imidazole rings is 1. The lowest BCUT2D eigenvalue weighted by Gasteiger charge is -2.34. The molecule has 8 rings (SSSR count). The van der Waals surface area contributed by atoms with Gasteiger partial charge in [0.15, 0.2) is 12.0 Å². The number of benzene rings is 6. The van der Waals surface area contributed by atoms with Crippen LogP contribution in [0.2, 0.25) is 20.1 Å². The molecule has 0 saturated heterocycles. The van der Waals surface area contributed by atoms with Crippen LogP contribution in [-0.2, 0) is 0 Å². The summed E-state index contributed by atoms with van der Waals surface area (Å²) in [6, 6.07) is 52.2. The first-order chi connectivity index (χ1) is 24.5. The molecular weight excluding hydrogens is 702 g/mol. The van der Waals surface area contributed by atoms with Gasteiger partial charge in [0.1, 0.15) is 0 Å². The van der Waals surface area contributed by atoms with Crippen molar-refractivity contribution in [2.24, 2.45) is 0 Å². The molecule has 0 spiro atoms. The van der Waals surface area contributed by atoms with Gasteiger partial charge in [-0.3, -0.25) is 0 Å². The summed E-state index contributed by atoms with van der Waals surface area (Å²) >= 11 is 27.3. The van der Waals surface area contributed by atoms with Crippen molar-refractivity contribution in [3.8, 4) is 22.5 Å². The highest BCUT2D eigenvalue weighted by Gasteiger charge is 2.45. The number of halogens is 4. The lowest BCUT2D eigenvalue weighted by atomic mass is 10.0. The number of nitrogens with one attached hydrogen (secondary N) is 1. The highest BCUT2D eigenvalue weighted by molar-refractivity contribution is 6.37. The zero-order chi connectivity index (χ0) is 34.2. The summed E-state index contributed by atoms with van der Waals surface area (Å²) in [6.45, 7) is 0.